The topological polar surface area (TPSA) is 29.1 Å². The van der Waals surface area contributed by atoms with Gasteiger partial charge < -0.3 is 0 Å². The predicted octanol–water partition coefficient (Wildman–Crippen LogP) is -0.449. The Morgan fingerprint density at radius 1 is 1.88 bits per heavy atom. The number of ketones is 1. The Bertz CT molecular complexity index is 145. The Kier molecular flexibility index (Phi) is 1.32. The van der Waals surface area contributed by atoms with Crippen LogP contribution >= 0.6 is 0 Å². The first-order valence-electron chi connectivity index (χ1n) is 2.54. The van der Waals surface area contributed by atoms with Crippen LogP contribution in [0.25, 0.3) is 0 Å². The molecule has 0 aliphatic carbocycles. The molecule has 1 heterocycles. The molecule has 0 aromatic heterocycles. The average molecular weight is 109 g/mol. The highest BCUT2D eigenvalue weighted by molar-refractivity contribution is 5.83. The third-order valence-electron chi connectivity index (χ3n) is 1.18. The van der Waals surface area contributed by atoms with E-state index in [-0.39, 0.29) is 11.8 Å². The first kappa shape index (κ1) is 5.33. The number of nitrogens with one attached hydrogen (secondary N) is 1. The molecule has 0 aromatic rings. The Morgan fingerprint density at radius 2 is 2.62 bits per heavy atom. The van der Waals surface area contributed by atoms with Crippen LogP contribution in [-0.2, 0) is 4.79 Å². The number of hydrogen-bond donors (Lipinski definition) is 1. The van der Waals surface area contributed by atoms with E-state index >= 15 is 0 Å². The maximum atomic E-state index is 10.5. The van der Waals surface area contributed by atoms with E-state index in [9.17, 15) is 4.79 Å². The molecule has 1 rings (SSSR count). The number of carbonyl (C=O) groups is 1. The minimum absolute atomic E-state index is 0.00231. The summed E-state index contributed by atoms with van der Waals surface area (Å²) < 4.78 is 0. The number of carbonyl (C=O) groups excluding carboxylic acids is 1. The van der Waals surface area contributed by atoms with E-state index in [1.165, 1.54) is 0 Å². The monoisotopic (exact) mass is 109 g/mol. The highest BCUT2D eigenvalue weighted by Crippen LogP contribution is 1.97. The van der Waals surface area contributed by atoms with Crippen LogP contribution in [0.1, 0.15) is 6.42 Å². The van der Waals surface area contributed by atoms with E-state index in [1.54, 1.807) is 0 Å². The zero-order chi connectivity index (χ0) is 5.98. The molecular weight excluding hydrogens is 102 g/mol. The highest BCUT2D eigenvalue weighted by Gasteiger charge is 2.17. The van der Waals surface area contributed by atoms with Crippen molar-refractivity contribution in [1.82, 2.24) is 5.32 Å². The van der Waals surface area contributed by atoms with Crippen molar-refractivity contribution in [3.05, 3.63) is 0 Å². The molecule has 0 bridgehead atoms. The first-order valence-corrected chi connectivity index (χ1v) is 2.54. The zero-order valence-electron chi connectivity index (χ0n) is 4.48. The van der Waals surface area contributed by atoms with Gasteiger partial charge in [-0.2, -0.15) is 0 Å². The van der Waals surface area contributed by atoms with Gasteiger partial charge in [0.25, 0.3) is 0 Å². The second-order valence-corrected chi connectivity index (χ2v) is 1.84. The van der Waals surface area contributed by atoms with Crippen LogP contribution in [0, 0.1) is 12.3 Å². The van der Waals surface area contributed by atoms with Gasteiger partial charge in [0.05, 0.1) is 12.6 Å². The Morgan fingerprint density at radius 3 is 2.88 bits per heavy atom. The SMILES string of the molecule is C#CC1CC(=O)CN1. The van der Waals surface area contributed by atoms with Gasteiger partial charge in [-0.25, -0.2) is 0 Å². The lowest BCUT2D eigenvalue weighted by molar-refractivity contribution is -0.116. The van der Waals surface area contributed by atoms with Crippen molar-refractivity contribution in [3.63, 3.8) is 0 Å². The van der Waals surface area contributed by atoms with Crippen LogP contribution in [-0.4, -0.2) is 18.4 Å². The molecule has 2 heteroatoms. The molecule has 1 aliphatic rings. The summed E-state index contributed by atoms with van der Waals surface area (Å²) in [6.45, 7) is 0.453. The normalized spacial score (nSPS) is 27.9. The smallest absolute Gasteiger partial charge is 0.149 e. The fourth-order valence-electron chi connectivity index (χ4n) is 0.727. The number of rotatable bonds is 0. The van der Waals surface area contributed by atoms with E-state index in [0.29, 0.717) is 13.0 Å². The molecule has 42 valence electrons. The van der Waals surface area contributed by atoms with Gasteiger partial charge in [0, 0.05) is 6.42 Å². The summed E-state index contributed by atoms with van der Waals surface area (Å²) in [7, 11) is 0. The van der Waals surface area contributed by atoms with E-state index in [0.717, 1.165) is 0 Å². The van der Waals surface area contributed by atoms with Gasteiger partial charge in [-0.1, -0.05) is 5.92 Å². The molecule has 0 aromatic carbocycles. The van der Waals surface area contributed by atoms with Gasteiger partial charge in [-0.15, -0.1) is 6.42 Å². The van der Waals surface area contributed by atoms with Crippen molar-refractivity contribution in [1.29, 1.82) is 0 Å². The number of hydrogen-bond acceptors (Lipinski definition) is 2. The Balaban J connectivity index is 2.47. The summed E-state index contributed by atoms with van der Waals surface area (Å²) in [6, 6.07) is 0.00231. The van der Waals surface area contributed by atoms with Crippen molar-refractivity contribution in [2.75, 3.05) is 6.54 Å². The van der Waals surface area contributed by atoms with Crippen molar-refractivity contribution >= 4 is 5.78 Å². The molecule has 0 spiro atoms. The second kappa shape index (κ2) is 1.97. The fourth-order valence-corrected chi connectivity index (χ4v) is 0.727. The lowest BCUT2D eigenvalue weighted by atomic mass is 10.2. The van der Waals surface area contributed by atoms with Gasteiger partial charge in [-0.3, -0.25) is 10.1 Å². The van der Waals surface area contributed by atoms with Crippen LogP contribution in [0.3, 0.4) is 0 Å². The summed E-state index contributed by atoms with van der Waals surface area (Å²) in [5, 5.41) is 2.87. The Hall–Kier alpha value is -0.810. The fraction of sp³-hybridized carbons (Fsp3) is 0.500. The van der Waals surface area contributed by atoms with E-state index < -0.39 is 0 Å². The lowest BCUT2D eigenvalue weighted by Crippen LogP contribution is -2.18. The number of terminal acetylenes is 1. The predicted molar refractivity (Wildman–Crippen MR) is 30.2 cm³/mol. The number of Topliss-reactive ketones (excluding diaryl/α,β-unsaturated/α-hetero) is 1. The van der Waals surface area contributed by atoms with E-state index in [2.05, 4.69) is 11.2 Å². The molecule has 1 aliphatic heterocycles. The second-order valence-electron chi connectivity index (χ2n) is 1.84. The van der Waals surface area contributed by atoms with Crippen LogP contribution in [0.2, 0.25) is 0 Å². The molecule has 1 atom stereocenters. The molecular formula is C6H7NO. The van der Waals surface area contributed by atoms with Crippen molar-refractivity contribution in [2.24, 2.45) is 0 Å². The summed E-state index contributed by atoms with van der Waals surface area (Å²) >= 11 is 0. The van der Waals surface area contributed by atoms with Gasteiger partial charge >= 0.3 is 0 Å². The third kappa shape index (κ3) is 0.877. The summed E-state index contributed by atoms with van der Waals surface area (Å²) in [5.74, 6) is 2.68. The standard InChI is InChI=1S/C6H7NO/c1-2-5-3-6(8)4-7-5/h1,5,7H,3-4H2. The van der Waals surface area contributed by atoms with Gasteiger partial charge in [-0.05, 0) is 0 Å². The van der Waals surface area contributed by atoms with Crippen LogP contribution in [0.15, 0.2) is 0 Å². The van der Waals surface area contributed by atoms with Gasteiger partial charge in [0.2, 0.25) is 0 Å². The summed E-state index contributed by atoms with van der Waals surface area (Å²) in [6.07, 6.45) is 5.54. The zero-order valence-corrected chi connectivity index (χ0v) is 4.48. The van der Waals surface area contributed by atoms with Crippen LogP contribution in [0.5, 0.6) is 0 Å². The summed E-state index contributed by atoms with van der Waals surface area (Å²) in [5.41, 5.74) is 0. The third-order valence-corrected chi connectivity index (χ3v) is 1.18. The van der Waals surface area contributed by atoms with Crippen molar-refractivity contribution < 1.29 is 4.79 Å². The molecule has 1 saturated heterocycles. The Labute approximate surface area is 48.3 Å². The highest BCUT2D eigenvalue weighted by atomic mass is 16.1. The molecule has 2 nitrogen and oxygen atoms in total. The van der Waals surface area contributed by atoms with Crippen molar-refractivity contribution in [2.45, 2.75) is 12.5 Å². The van der Waals surface area contributed by atoms with E-state index in [1.807, 2.05) is 0 Å². The molecule has 0 radical (unpaired) electrons. The van der Waals surface area contributed by atoms with Crippen molar-refractivity contribution in [3.8, 4) is 12.3 Å². The van der Waals surface area contributed by atoms with Crippen LogP contribution in [0.4, 0.5) is 0 Å². The maximum Gasteiger partial charge on any atom is 0.149 e. The molecule has 1 unspecified atom stereocenters. The summed E-state index contributed by atoms with van der Waals surface area (Å²) in [4.78, 5) is 10.5. The minimum Gasteiger partial charge on any atom is -0.298 e. The minimum atomic E-state index is 0.00231. The molecule has 0 amide bonds. The molecule has 1 fully saturated rings. The van der Waals surface area contributed by atoms with Gasteiger partial charge in [0.1, 0.15) is 5.78 Å². The molecule has 1 N–H and O–H groups in total. The molecule has 8 heavy (non-hydrogen) atoms. The quantitative estimate of drug-likeness (QED) is 0.427. The first-order chi connectivity index (χ1) is 3.83. The maximum absolute atomic E-state index is 10.5. The lowest BCUT2D eigenvalue weighted by Gasteiger charge is -1.93. The van der Waals surface area contributed by atoms with E-state index in [4.69, 9.17) is 6.42 Å². The molecule has 0 saturated carbocycles. The largest absolute Gasteiger partial charge is 0.298 e. The average Bonchev–Trinajstić information content (AvgIpc) is 2.14. The van der Waals surface area contributed by atoms with Gasteiger partial charge in [0.15, 0.2) is 0 Å². The van der Waals surface area contributed by atoms with Crippen LogP contribution < -0.4 is 5.32 Å².